The van der Waals surface area contributed by atoms with Crippen molar-refractivity contribution in [3.8, 4) is 0 Å². The fourth-order valence-electron chi connectivity index (χ4n) is 3.71. The van der Waals surface area contributed by atoms with Crippen LogP contribution < -0.4 is 0 Å². The summed E-state index contributed by atoms with van der Waals surface area (Å²) in [5, 5.41) is 14.1. The quantitative estimate of drug-likeness (QED) is 0.397. The number of rotatable bonds is 7. The number of aliphatic carboxylic acids is 1. The molecule has 0 aliphatic heterocycles. The molecule has 28 heavy (non-hydrogen) atoms. The van der Waals surface area contributed by atoms with Crippen LogP contribution in [0.15, 0.2) is 78.9 Å². The third kappa shape index (κ3) is 4.05. The van der Waals surface area contributed by atoms with Gasteiger partial charge in [-0.15, -0.1) is 0 Å². The van der Waals surface area contributed by atoms with E-state index in [4.69, 9.17) is 5.11 Å². The van der Waals surface area contributed by atoms with Gasteiger partial charge >= 0.3 is 5.97 Å². The molecule has 0 unspecified atom stereocenters. The Labute approximate surface area is 169 Å². The first-order valence-electron chi connectivity index (χ1n) is 9.48. The van der Waals surface area contributed by atoms with E-state index in [9.17, 15) is 4.79 Å². The molecule has 0 saturated heterocycles. The van der Waals surface area contributed by atoms with E-state index >= 15 is 0 Å². The average molecular weight is 387 g/mol. The van der Waals surface area contributed by atoms with Crippen LogP contribution in [0.5, 0.6) is 0 Å². The third-order valence-electron chi connectivity index (χ3n) is 5.13. The average Bonchev–Trinajstić information content (AvgIpc) is 2.73. The molecule has 2 nitrogen and oxygen atoms in total. The summed E-state index contributed by atoms with van der Waals surface area (Å²) < 4.78 is 0. The Kier molecular flexibility index (Phi) is 5.63. The second-order valence-electron chi connectivity index (χ2n) is 6.95. The first kappa shape index (κ1) is 18.6. The number of carboxylic acid groups (broad SMARTS) is 1. The largest absolute Gasteiger partial charge is 0.481 e. The molecule has 0 aromatic heterocycles. The highest BCUT2D eigenvalue weighted by Gasteiger charge is 2.10. The Bertz CT molecular complexity index is 1130. The van der Waals surface area contributed by atoms with Crippen LogP contribution in [0.4, 0.5) is 0 Å². The Morgan fingerprint density at radius 2 is 1.39 bits per heavy atom. The highest BCUT2D eigenvalue weighted by atomic mass is 32.2. The van der Waals surface area contributed by atoms with Gasteiger partial charge in [0.2, 0.25) is 0 Å². The monoisotopic (exact) mass is 386 g/mol. The molecule has 3 heteroatoms. The van der Waals surface area contributed by atoms with Crippen molar-refractivity contribution < 1.29 is 9.90 Å². The van der Waals surface area contributed by atoms with E-state index in [1.807, 2.05) is 17.8 Å². The highest BCUT2D eigenvalue weighted by molar-refractivity contribution is 7.97. The minimum absolute atomic E-state index is 0.166. The van der Waals surface area contributed by atoms with Gasteiger partial charge in [-0.1, -0.05) is 78.9 Å². The molecule has 4 aromatic carbocycles. The van der Waals surface area contributed by atoms with Gasteiger partial charge in [-0.05, 0) is 44.7 Å². The number of carboxylic acids is 1. The predicted octanol–water partition coefficient (Wildman–Crippen LogP) is 6.44. The van der Waals surface area contributed by atoms with E-state index in [1.165, 1.54) is 32.7 Å². The normalized spacial score (nSPS) is 11.1. The van der Waals surface area contributed by atoms with E-state index in [-0.39, 0.29) is 6.42 Å². The zero-order valence-corrected chi connectivity index (χ0v) is 16.4. The van der Waals surface area contributed by atoms with Crippen molar-refractivity contribution >= 4 is 39.3 Å². The molecule has 0 bridgehead atoms. The Balaban J connectivity index is 1.59. The summed E-state index contributed by atoms with van der Waals surface area (Å²) in [4.78, 5) is 11.1. The van der Waals surface area contributed by atoms with Crippen LogP contribution in [0.1, 0.15) is 23.1 Å². The van der Waals surface area contributed by atoms with Gasteiger partial charge in [-0.3, -0.25) is 4.79 Å². The molecule has 1 N–H and O–H groups in total. The molecule has 4 rings (SSSR count). The second kappa shape index (κ2) is 8.49. The molecular weight excluding hydrogens is 364 g/mol. The maximum atomic E-state index is 11.1. The number of fused-ring (bicyclic) bond motifs is 2. The van der Waals surface area contributed by atoms with Crippen LogP contribution in [0, 0.1) is 0 Å². The van der Waals surface area contributed by atoms with Gasteiger partial charge in [0.05, 0.1) is 0 Å². The molecule has 0 radical (unpaired) electrons. The van der Waals surface area contributed by atoms with E-state index < -0.39 is 5.97 Å². The summed E-state index contributed by atoms with van der Waals surface area (Å²) in [5.74, 6) is 1.06. The molecule has 0 fully saturated rings. The summed E-state index contributed by atoms with van der Waals surface area (Å²) >= 11 is 1.89. The van der Waals surface area contributed by atoms with Crippen molar-refractivity contribution in [1.82, 2.24) is 0 Å². The van der Waals surface area contributed by atoms with Crippen LogP contribution in [0.3, 0.4) is 0 Å². The van der Waals surface area contributed by atoms with Gasteiger partial charge < -0.3 is 5.11 Å². The molecule has 0 atom stereocenters. The van der Waals surface area contributed by atoms with Crippen molar-refractivity contribution in [3.05, 3.63) is 95.6 Å². The Morgan fingerprint density at radius 3 is 2.18 bits per heavy atom. The van der Waals surface area contributed by atoms with Crippen molar-refractivity contribution in [2.45, 2.75) is 24.3 Å². The SMILES string of the molecule is O=C(O)CCc1ccc2ccccc2c1CSCc1cccc2ccccc12. The van der Waals surface area contributed by atoms with Crippen LogP contribution in [-0.4, -0.2) is 11.1 Å². The molecule has 0 amide bonds. The zero-order chi connectivity index (χ0) is 19.3. The summed E-state index contributed by atoms with van der Waals surface area (Å²) in [6.07, 6.45) is 0.740. The molecule has 4 aromatic rings. The van der Waals surface area contributed by atoms with Gasteiger partial charge in [-0.2, -0.15) is 11.8 Å². The number of carbonyl (C=O) groups is 1. The van der Waals surface area contributed by atoms with Crippen LogP contribution in [0.2, 0.25) is 0 Å². The van der Waals surface area contributed by atoms with Gasteiger partial charge in [0.15, 0.2) is 0 Å². The van der Waals surface area contributed by atoms with E-state index in [1.54, 1.807) is 0 Å². The summed E-state index contributed by atoms with van der Waals surface area (Å²) in [6, 6.07) is 27.5. The first-order valence-corrected chi connectivity index (χ1v) is 10.6. The lowest BCUT2D eigenvalue weighted by atomic mass is 9.97. The van der Waals surface area contributed by atoms with Crippen molar-refractivity contribution in [2.24, 2.45) is 0 Å². The Morgan fingerprint density at radius 1 is 0.714 bits per heavy atom. The molecular formula is C25H22O2S. The second-order valence-corrected chi connectivity index (χ2v) is 7.93. The summed E-state index contributed by atoms with van der Waals surface area (Å²) in [6.45, 7) is 0. The smallest absolute Gasteiger partial charge is 0.303 e. The Hall–Kier alpha value is -2.78. The highest BCUT2D eigenvalue weighted by Crippen LogP contribution is 2.30. The van der Waals surface area contributed by atoms with E-state index in [2.05, 4.69) is 72.8 Å². The maximum Gasteiger partial charge on any atom is 0.303 e. The maximum absolute atomic E-state index is 11.1. The standard InChI is InChI=1S/C25H22O2S/c26-25(27)15-14-20-13-12-19-7-2-4-11-23(19)24(20)17-28-16-21-9-5-8-18-6-1-3-10-22(18)21/h1-13H,14-17H2,(H,26,27). The summed E-state index contributed by atoms with van der Waals surface area (Å²) in [5.41, 5.74) is 3.76. The topological polar surface area (TPSA) is 37.3 Å². The fourth-order valence-corrected chi connectivity index (χ4v) is 4.83. The third-order valence-corrected chi connectivity index (χ3v) is 6.14. The van der Waals surface area contributed by atoms with Crippen molar-refractivity contribution in [2.75, 3.05) is 0 Å². The lowest BCUT2D eigenvalue weighted by Crippen LogP contribution is -2.01. The molecule has 0 spiro atoms. The number of hydrogen-bond acceptors (Lipinski definition) is 2. The van der Waals surface area contributed by atoms with Gasteiger partial charge in [-0.25, -0.2) is 0 Å². The van der Waals surface area contributed by atoms with Crippen molar-refractivity contribution in [1.29, 1.82) is 0 Å². The minimum atomic E-state index is -0.748. The fraction of sp³-hybridized carbons (Fsp3) is 0.160. The minimum Gasteiger partial charge on any atom is -0.481 e. The van der Waals surface area contributed by atoms with E-state index in [0.717, 1.165) is 17.1 Å². The lowest BCUT2D eigenvalue weighted by molar-refractivity contribution is -0.136. The molecule has 140 valence electrons. The molecule has 0 aliphatic carbocycles. The van der Waals surface area contributed by atoms with Gasteiger partial charge in [0.25, 0.3) is 0 Å². The number of benzene rings is 4. The number of hydrogen-bond donors (Lipinski definition) is 1. The van der Waals surface area contributed by atoms with Gasteiger partial charge in [0.1, 0.15) is 0 Å². The van der Waals surface area contributed by atoms with Crippen LogP contribution in [0.25, 0.3) is 21.5 Å². The van der Waals surface area contributed by atoms with Crippen LogP contribution in [-0.2, 0) is 22.7 Å². The van der Waals surface area contributed by atoms with E-state index in [0.29, 0.717) is 6.42 Å². The molecule has 0 aliphatic rings. The molecule has 0 heterocycles. The van der Waals surface area contributed by atoms with Gasteiger partial charge in [0, 0.05) is 17.9 Å². The zero-order valence-electron chi connectivity index (χ0n) is 15.6. The van der Waals surface area contributed by atoms with Crippen LogP contribution >= 0.6 is 11.8 Å². The predicted molar refractivity (Wildman–Crippen MR) is 119 cm³/mol. The number of thioether (sulfide) groups is 1. The van der Waals surface area contributed by atoms with Crippen molar-refractivity contribution in [3.63, 3.8) is 0 Å². The number of aryl methyl sites for hydroxylation is 1. The lowest BCUT2D eigenvalue weighted by Gasteiger charge is -2.13. The molecule has 0 saturated carbocycles. The first-order chi connectivity index (χ1) is 13.7. The summed E-state index contributed by atoms with van der Waals surface area (Å²) in [7, 11) is 0.